The fourth-order valence-corrected chi connectivity index (χ4v) is 2.85. The highest BCUT2D eigenvalue weighted by molar-refractivity contribution is 6.06. The number of anilines is 1. The summed E-state index contributed by atoms with van der Waals surface area (Å²) in [5.74, 6) is -0.206. The van der Waals surface area contributed by atoms with Gasteiger partial charge in [-0.15, -0.1) is 0 Å². The van der Waals surface area contributed by atoms with Crippen LogP contribution in [0.4, 0.5) is 5.69 Å². The van der Waals surface area contributed by atoms with Crippen LogP contribution in [0.15, 0.2) is 54.6 Å². The van der Waals surface area contributed by atoms with Crippen molar-refractivity contribution in [1.82, 2.24) is 5.32 Å². The minimum Gasteiger partial charge on any atom is -0.483 e. The predicted molar refractivity (Wildman–Crippen MR) is 101 cm³/mol. The molecule has 2 aromatic rings. The van der Waals surface area contributed by atoms with E-state index in [1.165, 1.54) is 0 Å². The zero-order valence-electron chi connectivity index (χ0n) is 15.1. The largest absolute Gasteiger partial charge is 0.483 e. The third kappa shape index (κ3) is 4.64. The van der Waals surface area contributed by atoms with Gasteiger partial charge < -0.3 is 15.4 Å². The van der Waals surface area contributed by atoms with Gasteiger partial charge in [-0.05, 0) is 49.9 Å². The highest BCUT2D eigenvalue weighted by atomic mass is 16.5. The van der Waals surface area contributed by atoms with Gasteiger partial charge in [-0.3, -0.25) is 9.59 Å². The molecule has 0 saturated heterocycles. The molecule has 6 nitrogen and oxygen atoms in total. The van der Waals surface area contributed by atoms with Gasteiger partial charge in [0.15, 0.2) is 6.61 Å². The van der Waals surface area contributed by atoms with E-state index in [1.807, 2.05) is 18.2 Å². The summed E-state index contributed by atoms with van der Waals surface area (Å²) in [5.41, 5.74) is 0.133. The van der Waals surface area contributed by atoms with E-state index in [9.17, 15) is 14.9 Å². The first-order chi connectivity index (χ1) is 13.0. The third-order valence-corrected chi connectivity index (χ3v) is 4.55. The second-order valence-electron chi connectivity index (χ2n) is 6.74. The number of nitrogens with one attached hydrogen (secondary N) is 2. The van der Waals surface area contributed by atoms with Crippen LogP contribution in [-0.2, 0) is 4.79 Å². The second-order valence-corrected chi connectivity index (χ2v) is 6.74. The van der Waals surface area contributed by atoms with Crippen molar-refractivity contribution in [2.24, 2.45) is 5.92 Å². The van der Waals surface area contributed by atoms with Crippen molar-refractivity contribution in [3.8, 4) is 11.8 Å². The lowest BCUT2D eigenvalue weighted by molar-refractivity contribution is -0.124. The Morgan fingerprint density at radius 3 is 2.48 bits per heavy atom. The van der Waals surface area contributed by atoms with Crippen molar-refractivity contribution in [1.29, 1.82) is 5.26 Å². The van der Waals surface area contributed by atoms with Crippen LogP contribution in [0.2, 0.25) is 0 Å². The Kier molecular flexibility index (Phi) is 5.41. The molecule has 3 rings (SSSR count). The number of nitrogens with zero attached hydrogens (tertiary/aromatic N) is 1. The molecule has 0 radical (unpaired) electrons. The lowest BCUT2D eigenvalue weighted by atomic mass is 9.98. The van der Waals surface area contributed by atoms with E-state index in [4.69, 9.17) is 4.74 Å². The number of ether oxygens (including phenoxy) is 1. The maximum absolute atomic E-state index is 12.5. The quantitative estimate of drug-likeness (QED) is 0.791. The molecule has 27 heavy (non-hydrogen) atoms. The van der Waals surface area contributed by atoms with Gasteiger partial charge >= 0.3 is 0 Å². The van der Waals surface area contributed by atoms with Crippen LogP contribution >= 0.6 is 0 Å². The van der Waals surface area contributed by atoms with Crippen molar-refractivity contribution in [2.45, 2.75) is 25.3 Å². The number of para-hydroxylation sites is 2. The zero-order chi connectivity index (χ0) is 19.3. The molecule has 1 aliphatic carbocycles. The summed E-state index contributed by atoms with van der Waals surface area (Å²) < 4.78 is 5.57. The monoisotopic (exact) mass is 363 g/mol. The Morgan fingerprint density at radius 2 is 1.81 bits per heavy atom. The van der Waals surface area contributed by atoms with Gasteiger partial charge in [0.05, 0.1) is 11.6 Å². The Hall–Kier alpha value is -3.33. The average Bonchev–Trinajstić information content (AvgIpc) is 3.53. The van der Waals surface area contributed by atoms with Crippen LogP contribution in [0.25, 0.3) is 0 Å². The predicted octanol–water partition coefficient (Wildman–Crippen LogP) is 3.13. The molecule has 2 N–H and O–H groups in total. The number of hydrogen-bond acceptors (Lipinski definition) is 4. The summed E-state index contributed by atoms with van der Waals surface area (Å²) in [7, 11) is 0. The smallest absolute Gasteiger partial charge is 0.259 e. The minimum atomic E-state index is -0.870. The summed E-state index contributed by atoms with van der Waals surface area (Å²) in [5, 5.41) is 14.9. The van der Waals surface area contributed by atoms with Gasteiger partial charge in [0.2, 0.25) is 0 Å². The van der Waals surface area contributed by atoms with Crippen molar-refractivity contribution >= 4 is 17.5 Å². The highest BCUT2D eigenvalue weighted by Gasteiger charge is 2.43. The zero-order valence-corrected chi connectivity index (χ0v) is 15.1. The highest BCUT2D eigenvalue weighted by Crippen LogP contribution is 2.39. The molecule has 138 valence electrons. The van der Waals surface area contributed by atoms with Crippen LogP contribution < -0.4 is 15.4 Å². The Morgan fingerprint density at radius 1 is 1.15 bits per heavy atom. The maximum Gasteiger partial charge on any atom is 0.259 e. The molecule has 1 unspecified atom stereocenters. The van der Waals surface area contributed by atoms with Gasteiger partial charge in [-0.1, -0.05) is 30.3 Å². The molecule has 0 aliphatic heterocycles. The molecule has 6 heteroatoms. The van der Waals surface area contributed by atoms with Crippen LogP contribution in [0.5, 0.6) is 5.75 Å². The van der Waals surface area contributed by atoms with Gasteiger partial charge in [0.1, 0.15) is 11.3 Å². The molecule has 0 spiro atoms. The van der Waals surface area contributed by atoms with E-state index in [0.717, 1.165) is 12.8 Å². The lowest BCUT2D eigenvalue weighted by Crippen LogP contribution is -2.48. The van der Waals surface area contributed by atoms with E-state index >= 15 is 0 Å². The first-order valence-electron chi connectivity index (χ1n) is 8.82. The van der Waals surface area contributed by atoms with E-state index in [0.29, 0.717) is 17.0 Å². The molecule has 0 aromatic heterocycles. The summed E-state index contributed by atoms with van der Waals surface area (Å²) >= 11 is 0. The summed E-state index contributed by atoms with van der Waals surface area (Å²) in [6.45, 7) is 1.46. The number of amides is 2. The van der Waals surface area contributed by atoms with Crippen molar-refractivity contribution < 1.29 is 14.3 Å². The number of benzene rings is 2. The van der Waals surface area contributed by atoms with E-state index in [2.05, 4.69) is 16.7 Å². The molecule has 1 fully saturated rings. The van der Waals surface area contributed by atoms with E-state index < -0.39 is 5.54 Å². The summed E-state index contributed by atoms with van der Waals surface area (Å²) in [4.78, 5) is 24.7. The van der Waals surface area contributed by atoms with Crippen LogP contribution in [-0.4, -0.2) is 24.0 Å². The van der Waals surface area contributed by atoms with Crippen LogP contribution in [0.1, 0.15) is 30.1 Å². The molecular formula is C21H21N3O3. The minimum absolute atomic E-state index is 0.190. The number of rotatable bonds is 7. The average molecular weight is 363 g/mol. The number of nitriles is 1. The number of carbonyl (C=O) groups excluding carboxylic acids is 2. The van der Waals surface area contributed by atoms with Crippen molar-refractivity contribution in [3.05, 3.63) is 60.2 Å². The number of hydrogen-bond donors (Lipinski definition) is 2. The third-order valence-electron chi connectivity index (χ3n) is 4.55. The maximum atomic E-state index is 12.5. The summed E-state index contributed by atoms with van der Waals surface area (Å²) in [6, 6.07) is 18.0. The molecular weight excluding hydrogens is 342 g/mol. The lowest BCUT2D eigenvalue weighted by Gasteiger charge is -2.23. The Labute approximate surface area is 158 Å². The molecule has 1 aliphatic rings. The molecule has 2 amide bonds. The first-order valence-corrected chi connectivity index (χ1v) is 8.82. The second kappa shape index (κ2) is 7.92. The topological polar surface area (TPSA) is 91.2 Å². The fraction of sp³-hybridized carbons (Fsp3) is 0.286. The van der Waals surface area contributed by atoms with Crippen LogP contribution in [0.3, 0.4) is 0 Å². The summed E-state index contributed by atoms with van der Waals surface area (Å²) in [6.07, 6.45) is 1.88. The van der Waals surface area contributed by atoms with Gasteiger partial charge in [0, 0.05) is 5.69 Å². The van der Waals surface area contributed by atoms with Gasteiger partial charge in [-0.2, -0.15) is 5.26 Å². The molecule has 1 atom stereocenters. The molecule has 1 saturated carbocycles. The molecule has 0 heterocycles. The Balaban J connectivity index is 1.63. The van der Waals surface area contributed by atoms with E-state index in [1.54, 1.807) is 43.3 Å². The molecule has 0 bridgehead atoms. The Bertz CT molecular complexity index is 872. The van der Waals surface area contributed by atoms with Crippen molar-refractivity contribution in [2.75, 3.05) is 11.9 Å². The van der Waals surface area contributed by atoms with Gasteiger partial charge in [0.25, 0.3) is 11.8 Å². The van der Waals surface area contributed by atoms with Crippen LogP contribution in [0, 0.1) is 17.2 Å². The molecule has 2 aromatic carbocycles. The fourth-order valence-electron chi connectivity index (χ4n) is 2.85. The first kappa shape index (κ1) is 18.5. The normalized spacial score (nSPS) is 15.1. The van der Waals surface area contributed by atoms with E-state index in [-0.39, 0.29) is 24.3 Å². The number of carbonyl (C=O) groups is 2. The SMILES string of the molecule is CC(C#N)(NC(=O)COc1ccccc1C(=O)Nc1ccccc1)C1CC1. The van der Waals surface area contributed by atoms with Gasteiger partial charge in [-0.25, -0.2) is 0 Å². The van der Waals surface area contributed by atoms with Crippen molar-refractivity contribution in [3.63, 3.8) is 0 Å². The standard InChI is InChI=1S/C21H21N3O3/c1-21(14-22,15-11-12-15)24-19(25)13-27-18-10-6-5-9-17(18)20(26)23-16-7-3-2-4-8-16/h2-10,15H,11-13H2,1H3,(H,23,26)(H,24,25).